The first-order valence-corrected chi connectivity index (χ1v) is 8.50. The third kappa shape index (κ3) is 3.48. The van der Waals surface area contributed by atoms with Gasteiger partial charge in [0.2, 0.25) is 0 Å². The van der Waals surface area contributed by atoms with Crippen molar-refractivity contribution in [3.63, 3.8) is 0 Å². The minimum Gasteiger partial charge on any atom is -0.394 e. The molecule has 5 heteroatoms. The summed E-state index contributed by atoms with van der Waals surface area (Å²) >= 11 is 3.55. The predicted molar refractivity (Wildman–Crippen MR) is 86.3 cm³/mol. The molecule has 4 nitrogen and oxygen atoms in total. The number of rotatable bonds is 4. The van der Waals surface area contributed by atoms with Gasteiger partial charge in [-0.15, -0.1) is 0 Å². The van der Waals surface area contributed by atoms with Crippen LogP contribution in [-0.4, -0.2) is 65.4 Å². The molecule has 1 fully saturated rings. The highest BCUT2D eigenvalue weighted by atomic mass is 79.9. The fraction of sp³-hybridized carbons (Fsp3) is 0.625. The summed E-state index contributed by atoms with van der Waals surface area (Å²) in [5.74, 6) is 0. The van der Waals surface area contributed by atoms with Gasteiger partial charge in [-0.1, -0.05) is 22.0 Å². The van der Waals surface area contributed by atoms with Crippen LogP contribution < -0.4 is 0 Å². The molecule has 1 aromatic rings. The normalized spacial score (nSPS) is 25.0. The van der Waals surface area contributed by atoms with Gasteiger partial charge in [-0.25, -0.2) is 0 Å². The van der Waals surface area contributed by atoms with Crippen molar-refractivity contribution in [1.82, 2.24) is 9.80 Å². The van der Waals surface area contributed by atoms with E-state index in [1.807, 2.05) is 0 Å². The highest BCUT2D eigenvalue weighted by Crippen LogP contribution is 2.37. The van der Waals surface area contributed by atoms with E-state index in [9.17, 15) is 5.11 Å². The molecule has 1 aliphatic heterocycles. The lowest BCUT2D eigenvalue weighted by atomic mass is 10.1. The summed E-state index contributed by atoms with van der Waals surface area (Å²) in [6, 6.07) is 7.21. The van der Waals surface area contributed by atoms with Crippen LogP contribution in [0.3, 0.4) is 0 Å². The second-order valence-electron chi connectivity index (χ2n) is 6.07. The Morgan fingerprint density at radius 3 is 2.71 bits per heavy atom. The van der Waals surface area contributed by atoms with Crippen molar-refractivity contribution in [1.29, 1.82) is 0 Å². The van der Waals surface area contributed by atoms with Gasteiger partial charge in [0.05, 0.1) is 12.7 Å². The molecule has 1 aromatic carbocycles. The van der Waals surface area contributed by atoms with E-state index in [1.54, 1.807) is 0 Å². The van der Waals surface area contributed by atoms with E-state index < -0.39 is 6.10 Å². The SMILES string of the molecule is OC[C@H](O)CN1CCN([C@H]2CCc3cc(Br)ccc32)CC1. The molecule has 1 aliphatic carbocycles. The largest absolute Gasteiger partial charge is 0.394 e. The number of aliphatic hydroxyl groups is 2. The lowest BCUT2D eigenvalue weighted by molar-refractivity contribution is 0.0309. The Morgan fingerprint density at radius 2 is 2.00 bits per heavy atom. The molecule has 0 radical (unpaired) electrons. The maximum atomic E-state index is 9.53. The van der Waals surface area contributed by atoms with Gasteiger partial charge in [0.25, 0.3) is 0 Å². The van der Waals surface area contributed by atoms with Gasteiger partial charge in [0, 0.05) is 43.2 Å². The van der Waals surface area contributed by atoms with Crippen LogP contribution in [0.2, 0.25) is 0 Å². The smallest absolute Gasteiger partial charge is 0.0897 e. The number of fused-ring (bicyclic) bond motifs is 1. The molecule has 0 saturated carbocycles. The number of aliphatic hydroxyl groups excluding tert-OH is 2. The second-order valence-corrected chi connectivity index (χ2v) is 6.99. The molecule has 0 spiro atoms. The van der Waals surface area contributed by atoms with E-state index in [2.05, 4.69) is 43.9 Å². The number of halogens is 1. The maximum absolute atomic E-state index is 9.53. The van der Waals surface area contributed by atoms with Crippen molar-refractivity contribution in [2.75, 3.05) is 39.3 Å². The van der Waals surface area contributed by atoms with Gasteiger partial charge in [-0.3, -0.25) is 9.80 Å². The quantitative estimate of drug-likeness (QED) is 0.858. The standard InChI is InChI=1S/C16H23BrN2O2/c17-13-2-3-15-12(9-13)1-4-16(15)19-7-5-18(6-8-19)10-14(21)11-20/h2-3,9,14,16,20-21H,1,4-8,10-11H2/t14-,16+/m1/s1. The molecule has 116 valence electrons. The molecule has 2 atom stereocenters. The van der Waals surface area contributed by atoms with E-state index in [0.717, 1.165) is 26.2 Å². The number of hydrogen-bond donors (Lipinski definition) is 2. The number of hydrogen-bond acceptors (Lipinski definition) is 4. The van der Waals surface area contributed by atoms with Gasteiger partial charge in [0.1, 0.15) is 0 Å². The van der Waals surface area contributed by atoms with Gasteiger partial charge in [-0.2, -0.15) is 0 Å². The molecule has 2 aliphatic rings. The molecule has 2 N–H and O–H groups in total. The fourth-order valence-electron chi connectivity index (χ4n) is 3.56. The Balaban J connectivity index is 1.59. The van der Waals surface area contributed by atoms with E-state index >= 15 is 0 Å². The molecule has 3 rings (SSSR count). The van der Waals surface area contributed by atoms with Crippen LogP contribution >= 0.6 is 15.9 Å². The zero-order chi connectivity index (χ0) is 14.8. The van der Waals surface area contributed by atoms with Crippen LogP contribution in [-0.2, 0) is 6.42 Å². The first kappa shape index (κ1) is 15.4. The van der Waals surface area contributed by atoms with E-state index in [0.29, 0.717) is 12.6 Å². The lowest BCUT2D eigenvalue weighted by Crippen LogP contribution is -2.49. The summed E-state index contributed by atoms with van der Waals surface area (Å²) in [6.45, 7) is 4.46. The van der Waals surface area contributed by atoms with Crippen LogP contribution in [0.15, 0.2) is 22.7 Å². The summed E-state index contributed by atoms with van der Waals surface area (Å²) in [5, 5.41) is 18.5. The number of piperazine rings is 1. The number of β-amino-alcohol motifs (C(OH)–C–C–N with tert-alkyl or cyclic N) is 1. The monoisotopic (exact) mass is 354 g/mol. The van der Waals surface area contributed by atoms with Crippen LogP contribution in [0.4, 0.5) is 0 Å². The van der Waals surface area contributed by atoms with E-state index in [4.69, 9.17) is 5.11 Å². The summed E-state index contributed by atoms with van der Waals surface area (Å²) in [4.78, 5) is 4.82. The predicted octanol–water partition coefficient (Wildman–Crippen LogP) is 1.41. The number of aryl methyl sites for hydroxylation is 1. The van der Waals surface area contributed by atoms with Gasteiger partial charge in [-0.05, 0) is 36.1 Å². The third-order valence-electron chi connectivity index (χ3n) is 4.68. The Morgan fingerprint density at radius 1 is 1.24 bits per heavy atom. The van der Waals surface area contributed by atoms with Crippen LogP contribution in [0.1, 0.15) is 23.6 Å². The molecule has 0 unspecified atom stereocenters. The van der Waals surface area contributed by atoms with E-state index in [-0.39, 0.29) is 6.61 Å². The van der Waals surface area contributed by atoms with Gasteiger partial charge in [0.15, 0.2) is 0 Å². The summed E-state index contributed by atoms with van der Waals surface area (Å²) in [5.41, 5.74) is 2.97. The minimum atomic E-state index is -0.610. The number of nitrogens with zero attached hydrogens (tertiary/aromatic N) is 2. The topological polar surface area (TPSA) is 46.9 Å². The molecule has 0 amide bonds. The Bertz CT molecular complexity index is 489. The summed E-state index contributed by atoms with van der Waals surface area (Å²) in [7, 11) is 0. The minimum absolute atomic E-state index is 0.148. The zero-order valence-electron chi connectivity index (χ0n) is 12.2. The lowest BCUT2D eigenvalue weighted by Gasteiger charge is -2.38. The fourth-order valence-corrected chi connectivity index (χ4v) is 3.96. The first-order chi connectivity index (χ1) is 10.2. The van der Waals surface area contributed by atoms with Crippen molar-refractivity contribution in [2.45, 2.75) is 25.0 Å². The van der Waals surface area contributed by atoms with Gasteiger partial charge >= 0.3 is 0 Å². The Labute approximate surface area is 134 Å². The molecule has 0 bridgehead atoms. The van der Waals surface area contributed by atoms with Crippen molar-refractivity contribution in [3.8, 4) is 0 Å². The molecule has 21 heavy (non-hydrogen) atoms. The average Bonchev–Trinajstić information content (AvgIpc) is 2.90. The van der Waals surface area contributed by atoms with Gasteiger partial charge < -0.3 is 10.2 Å². The summed E-state index contributed by atoms with van der Waals surface area (Å²) in [6.07, 6.45) is 1.77. The van der Waals surface area contributed by atoms with Crippen molar-refractivity contribution in [2.24, 2.45) is 0 Å². The zero-order valence-corrected chi connectivity index (χ0v) is 13.8. The molecule has 0 aromatic heterocycles. The molecular weight excluding hydrogens is 332 g/mol. The number of benzene rings is 1. The highest BCUT2D eigenvalue weighted by molar-refractivity contribution is 9.10. The molecule has 1 heterocycles. The summed E-state index contributed by atoms with van der Waals surface area (Å²) < 4.78 is 1.17. The third-order valence-corrected chi connectivity index (χ3v) is 5.17. The Kier molecular flexibility index (Phi) is 4.96. The van der Waals surface area contributed by atoms with E-state index in [1.165, 1.54) is 28.4 Å². The van der Waals surface area contributed by atoms with Crippen LogP contribution in [0.25, 0.3) is 0 Å². The molecular formula is C16H23BrN2O2. The van der Waals surface area contributed by atoms with Crippen LogP contribution in [0.5, 0.6) is 0 Å². The average molecular weight is 355 g/mol. The Hall–Kier alpha value is -0.460. The molecule has 1 saturated heterocycles. The highest BCUT2D eigenvalue weighted by Gasteiger charge is 2.30. The van der Waals surface area contributed by atoms with Crippen molar-refractivity contribution in [3.05, 3.63) is 33.8 Å². The van der Waals surface area contributed by atoms with Crippen molar-refractivity contribution >= 4 is 15.9 Å². The van der Waals surface area contributed by atoms with Crippen molar-refractivity contribution < 1.29 is 10.2 Å². The maximum Gasteiger partial charge on any atom is 0.0897 e. The van der Waals surface area contributed by atoms with Crippen LogP contribution in [0, 0.1) is 0 Å². The first-order valence-electron chi connectivity index (χ1n) is 7.71. The second kappa shape index (κ2) is 6.75.